The third-order valence-corrected chi connectivity index (χ3v) is 3.46. The monoisotopic (exact) mass is 341 g/mol. The Balaban J connectivity index is 2.54. The molecule has 1 aromatic heterocycles. The number of rotatable bonds is 4. The lowest BCUT2D eigenvalue weighted by Gasteiger charge is -2.28. The van der Waals surface area contributed by atoms with Gasteiger partial charge in [0.25, 0.3) is 11.5 Å². The predicted octanol–water partition coefficient (Wildman–Crippen LogP) is -1.40. The van der Waals surface area contributed by atoms with Crippen molar-refractivity contribution in [3.63, 3.8) is 0 Å². The van der Waals surface area contributed by atoms with Crippen molar-refractivity contribution < 1.29 is 17.8 Å². The van der Waals surface area contributed by atoms with Crippen molar-refractivity contribution in [2.75, 3.05) is 4.41 Å². The number of nitrogens with zero attached hydrogens (tertiary/aromatic N) is 2. The average molecular weight is 341 g/mol. The van der Waals surface area contributed by atoms with Gasteiger partial charge >= 0.3 is 16.0 Å². The van der Waals surface area contributed by atoms with Gasteiger partial charge in [-0.2, -0.15) is 13.5 Å². The fourth-order valence-electron chi connectivity index (χ4n) is 1.69. The van der Waals surface area contributed by atoms with Crippen LogP contribution in [-0.4, -0.2) is 34.0 Å². The zero-order chi connectivity index (χ0) is 17.2. The second-order valence-electron chi connectivity index (χ2n) is 4.19. The highest BCUT2D eigenvalue weighted by atomic mass is 32.2. The van der Waals surface area contributed by atoms with Crippen LogP contribution in [0.4, 0.5) is 5.69 Å². The number of carbonyl (C=O) groups is 1. The zero-order valence-corrected chi connectivity index (χ0v) is 12.1. The van der Waals surface area contributed by atoms with Gasteiger partial charge in [0.1, 0.15) is 0 Å². The van der Waals surface area contributed by atoms with Crippen molar-refractivity contribution in [2.24, 2.45) is 5.84 Å². The maximum atomic E-state index is 12.2. The SMILES string of the molecule is NN(C(=O)c1ccccc1)N(c1c[nH]c(=O)[nH]c1=O)S(=O)(=O)O. The molecule has 23 heavy (non-hydrogen) atoms. The van der Waals surface area contributed by atoms with Crippen molar-refractivity contribution in [2.45, 2.75) is 0 Å². The van der Waals surface area contributed by atoms with Gasteiger partial charge in [-0.3, -0.25) is 19.1 Å². The fraction of sp³-hybridized carbons (Fsp3) is 0. The number of H-pyrrole nitrogens is 2. The number of hydrazine groups is 2. The second kappa shape index (κ2) is 6.04. The summed E-state index contributed by atoms with van der Waals surface area (Å²) in [6.07, 6.45) is 0.688. The molecule has 12 heteroatoms. The number of hydrogen-bond acceptors (Lipinski definition) is 6. The number of hydrogen-bond donors (Lipinski definition) is 4. The molecule has 5 N–H and O–H groups in total. The van der Waals surface area contributed by atoms with Crippen LogP contribution in [0.15, 0.2) is 46.1 Å². The number of nitrogens with one attached hydrogen (secondary N) is 2. The number of aromatic nitrogens is 2. The molecule has 11 nitrogen and oxygen atoms in total. The highest BCUT2D eigenvalue weighted by molar-refractivity contribution is 7.87. The van der Waals surface area contributed by atoms with E-state index in [1.54, 1.807) is 11.1 Å². The van der Waals surface area contributed by atoms with E-state index in [2.05, 4.69) is 0 Å². The van der Waals surface area contributed by atoms with Gasteiger partial charge in [0.05, 0.1) is 0 Å². The smallest absolute Gasteiger partial charge is 0.312 e. The third-order valence-electron chi connectivity index (χ3n) is 2.65. The molecule has 0 saturated heterocycles. The molecule has 0 radical (unpaired) electrons. The number of anilines is 1. The van der Waals surface area contributed by atoms with Gasteiger partial charge in [-0.25, -0.2) is 10.6 Å². The van der Waals surface area contributed by atoms with Crippen LogP contribution in [-0.2, 0) is 10.3 Å². The molecule has 0 spiro atoms. The molecule has 122 valence electrons. The van der Waals surface area contributed by atoms with Crippen molar-refractivity contribution >= 4 is 21.9 Å². The number of nitrogens with two attached hydrogens (primary N) is 1. The van der Waals surface area contributed by atoms with Crippen LogP contribution in [0, 0.1) is 0 Å². The largest absolute Gasteiger partial charge is 0.379 e. The van der Waals surface area contributed by atoms with Crippen LogP contribution < -0.4 is 21.5 Å². The number of aromatic amines is 2. The topological polar surface area (TPSA) is 170 Å². The summed E-state index contributed by atoms with van der Waals surface area (Å²) in [7, 11) is -5.13. The molecule has 0 aliphatic rings. The molecule has 0 fully saturated rings. The van der Waals surface area contributed by atoms with Gasteiger partial charge in [-0.1, -0.05) is 18.2 Å². The Morgan fingerprint density at radius 2 is 1.78 bits per heavy atom. The van der Waals surface area contributed by atoms with E-state index in [0.717, 1.165) is 0 Å². The van der Waals surface area contributed by atoms with Gasteiger partial charge in [-0.15, -0.1) is 4.41 Å². The first-order valence-corrected chi connectivity index (χ1v) is 7.35. The molecule has 1 amide bonds. The summed E-state index contributed by atoms with van der Waals surface area (Å²) in [6, 6.07) is 7.32. The third kappa shape index (κ3) is 3.45. The highest BCUT2D eigenvalue weighted by Crippen LogP contribution is 2.14. The quantitative estimate of drug-likeness (QED) is 0.229. The molecule has 2 rings (SSSR count). The lowest BCUT2D eigenvalue weighted by atomic mass is 10.2. The van der Waals surface area contributed by atoms with Crippen LogP contribution in [0.3, 0.4) is 0 Å². The Kier molecular flexibility index (Phi) is 4.31. The van der Waals surface area contributed by atoms with Crippen LogP contribution in [0.1, 0.15) is 10.4 Å². The van der Waals surface area contributed by atoms with Crippen molar-refractivity contribution in [3.05, 3.63) is 62.9 Å². The summed E-state index contributed by atoms with van der Waals surface area (Å²) in [5, 5.41) is 0.0353. The normalized spacial score (nSPS) is 11.0. The van der Waals surface area contributed by atoms with E-state index in [1.807, 2.05) is 4.98 Å². The number of amides is 1. The molecule has 0 aliphatic carbocycles. The molecule has 1 heterocycles. The van der Waals surface area contributed by atoms with Crippen LogP contribution in [0.5, 0.6) is 0 Å². The minimum atomic E-state index is -5.13. The minimum Gasteiger partial charge on any atom is -0.312 e. The van der Waals surface area contributed by atoms with Crippen molar-refractivity contribution in [3.8, 4) is 0 Å². The van der Waals surface area contributed by atoms with E-state index in [0.29, 0.717) is 6.20 Å². The predicted molar refractivity (Wildman–Crippen MR) is 78.5 cm³/mol. The molecule has 0 bridgehead atoms. The average Bonchev–Trinajstić information content (AvgIpc) is 2.48. The second-order valence-corrected chi connectivity index (χ2v) is 5.44. The van der Waals surface area contributed by atoms with E-state index in [-0.39, 0.29) is 15.1 Å². The van der Waals surface area contributed by atoms with Gasteiger partial charge < -0.3 is 4.98 Å². The molecule has 1 aromatic carbocycles. The summed E-state index contributed by atoms with van der Waals surface area (Å²) < 4.78 is 32.1. The molecular weight excluding hydrogens is 330 g/mol. The maximum Gasteiger partial charge on any atom is 0.379 e. The first-order valence-electron chi connectivity index (χ1n) is 5.95. The first kappa shape index (κ1) is 16.4. The van der Waals surface area contributed by atoms with E-state index in [1.165, 1.54) is 24.3 Å². The van der Waals surface area contributed by atoms with Crippen molar-refractivity contribution in [1.29, 1.82) is 0 Å². The maximum absolute atomic E-state index is 12.2. The Morgan fingerprint density at radius 3 is 2.30 bits per heavy atom. The van der Waals surface area contributed by atoms with E-state index < -0.39 is 33.1 Å². The van der Waals surface area contributed by atoms with Gasteiger partial charge in [0.2, 0.25) is 0 Å². The Hall–Kier alpha value is -2.96. The summed E-state index contributed by atoms with van der Waals surface area (Å²) >= 11 is 0. The van der Waals surface area contributed by atoms with Crippen molar-refractivity contribution in [1.82, 2.24) is 15.1 Å². The molecule has 0 saturated carbocycles. The highest BCUT2D eigenvalue weighted by Gasteiger charge is 2.32. The zero-order valence-electron chi connectivity index (χ0n) is 11.3. The summed E-state index contributed by atoms with van der Waals surface area (Å²) in [4.78, 5) is 38.6. The van der Waals surface area contributed by atoms with Gasteiger partial charge in [0.15, 0.2) is 5.69 Å². The van der Waals surface area contributed by atoms with Crippen LogP contribution in [0.25, 0.3) is 0 Å². The molecule has 2 aromatic rings. The molecule has 0 unspecified atom stereocenters. The molecule has 0 atom stereocenters. The lowest BCUT2D eigenvalue weighted by Crippen LogP contribution is -2.55. The minimum absolute atomic E-state index is 0.00417. The van der Waals surface area contributed by atoms with E-state index in [4.69, 9.17) is 5.84 Å². The Labute approximate surface area is 128 Å². The Bertz CT molecular complexity index is 935. The van der Waals surface area contributed by atoms with Crippen LogP contribution >= 0.6 is 0 Å². The fourth-order valence-corrected chi connectivity index (χ4v) is 2.37. The van der Waals surface area contributed by atoms with Gasteiger partial charge in [0, 0.05) is 11.8 Å². The van der Waals surface area contributed by atoms with Gasteiger partial charge in [-0.05, 0) is 12.1 Å². The lowest BCUT2D eigenvalue weighted by molar-refractivity contribution is 0.0760. The van der Waals surface area contributed by atoms with E-state index >= 15 is 0 Å². The molecule has 0 aliphatic heterocycles. The number of carbonyl (C=O) groups excluding carboxylic acids is 1. The standard InChI is InChI=1S/C11H11N5O6S/c12-15(10(18)7-4-2-1-3-5-7)16(23(20,21)22)8-6-13-11(19)14-9(8)17/h1-6H,12H2,(H,20,21,22)(H2,13,14,17,19). The molecular formula is C11H11N5O6S. The first-order chi connectivity index (χ1) is 10.7. The van der Waals surface area contributed by atoms with E-state index in [9.17, 15) is 27.4 Å². The Morgan fingerprint density at radius 1 is 1.17 bits per heavy atom. The summed E-state index contributed by atoms with van der Waals surface area (Å²) in [5.74, 6) is 4.42. The number of benzene rings is 1. The van der Waals surface area contributed by atoms with Crippen LogP contribution in [0.2, 0.25) is 0 Å². The summed E-state index contributed by atoms with van der Waals surface area (Å²) in [5.41, 5.74) is -2.86. The summed E-state index contributed by atoms with van der Waals surface area (Å²) in [6.45, 7) is 0.